The van der Waals surface area contributed by atoms with Gasteiger partial charge < -0.3 is 5.11 Å². The standard InChI is InChI=1S/C10H15NOS/c1-3-8(2)13-10-5-4-9(7-12)6-11-10/h4-6,8,12H,3,7H2,1-2H3. The van der Waals surface area contributed by atoms with Gasteiger partial charge in [-0.15, -0.1) is 11.8 Å². The fourth-order valence-corrected chi connectivity index (χ4v) is 1.70. The summed E-state index contributed by atoms with van der Waals surface area (Å²) in [5, 5.41) is 10.4. The number of rotatable bonds is 4. The van der Waals surface area contributed by atoms with Crippen LogP contribution in [0.3, 0.4) is 0 Å². The molecule has 13 heavy (non-hydrogen) atoms. The minimum Gasteiger partial charge on any atom is -0.392 e. The number of nitrogens with zero attached hydrogens (tertiary/aromatic N) is 1. The summed E-state index contributed by atoms with van der Waals surface area (Å²) in [5.74, 6) is 0. The number of aromatic nitrogens is 1. The van der Waals surface area contributed by atoms with Gasteiger partial charge in [0.25, 0.3) is 0 Å². The van der Waals surface area contributed by atoms with Crippen LogP contribution in [0.4, 0.5) is 0 Å². The zero-order chi connectivity index (χ0) is 9.68. The van der Waals surface area contributed by atoms with E-state index in [0.29, 0.717) is 5.25 Å². The maximum atomic E-state index is 8.81. The Kier molecular flexibility index (Phi) is 4.25. The Morgan fingerprint density at radius 3 is 2.77 bits per heavy atom. The quantitative estimate of drug-likeness (QED) is 0.753. The molecule has 0 amide bonds. The third kappa shape index (κ3) is 3.36. The van der Waals surface area contributed by atoms with Crippen LogP contribution in [-0.4, -0.2) is 15.3 Å². The summed E-state index contributed by atoms with van der Waals surface area (Å²) in [4.78, 5) is 4.24. The molecule has 72 valence electrons. The number of hydrogen-bond acceptors (Lipinski definition) is 3. The summed E-state index contributed by atoms with van der Waals surface area (Å²) >= 11 is 1.77. The number of pyridine rings is 1. The minimum absolute atomic E-state index is 0.0707. The third-order valence-electron chi connectivity index (χ3n) is 1.88. The molecule has 0 bridgehead atoms. The normalized spacial score (nSPS) is 12.8. The fourth-order valence-electron chi connectivity index (χ4n) is 0.864. The van der Waals surface area contributed by atoms with E-state index < -0.39 is 0 Å². The van der Waals surface area contributed by atoms with Gasteiger partial charge in [0, 0.05) is 11.4 Å². The topological polar surface area (TPSA) is 33.1 Å². The first-order chi connectivity index (χ1) is 6.26. The highest BCUT2D eigenvalue weighted by atomic mass is 32.2. The van der Waals surface area contributed by atoms with E-state index in [0.717, 1.165) is 17.0 Å². The first-order valence-corrected chi connectivity index (χ1v) is 5.36. The second-order valence-electron chi connectivity index (χ2n) is 3.00. The third-order valence-corrected chi connectivity index (χ3v) is 3.10. The highest BCUT2D eigenvalue weighted by molar-refractivity contribution is 7.99. The summed E-state index contributed by atoms with van der Waals surface area (Å²) in [6, 6.07) is 3.88. The van der Waals surface area contributed by atoms with Gasteiger partial charge in [0.05, 0.1) is 11.6 Å². The van der Waals surface area contributed by atoms with Crippen molar-refractivity contribution in [3.63, 3.8) is 0 Å². The van der Waals surface area contributed by atoms with Crippen LogP contribution in [-0.2, 0) is 6.61 Å². The van der Waals surface area contributed by atoms with Gasteiger partial charge in [0.15, 0.2) is 0 Å². The maximum absolute atomic E-state index is 8.81. The van der Waals surface area contributed by atoms with Crippen molar-refractivity contribution >= 4 is 11.8 Å². The SMILES string of the molecule is CCC(C)Sc1ccc(CO)cn1. The van der Waals surface area contributed by atoms with E-state index in [1.807, 2.05) is 12.1 Å². The van der Waals surface area contributed by atoms with E-state index in [1.54, 1.807) is 18.0 Å². The molecule has 1 aromatic heterocycles. The average Bonchev–Trinajstić information content (AvgIpc) is 2.19. The van der Waals surface area contributed by atoms with Gasteiger partial charge in [0.1, 0.15) is 0 Å². The molecule has 1 heterocycles. The maximum Gasteiger partial charge on any atom is 0.0962 e. The van der Waals surface area contributed by atoms with Crippen molar-refractivity contribution in [2.45, 2.75) is 37.2 Å². The van der Waals surface area contributed by atoms with Crippen molar-refractivity contribution in [3.05, 3.63) is 23.9 Å². The van der Waals surface area contributed by atoms with Gasteiger partial charge in [0.2, 0.25) is 0 Å². The Hall–Kier alpha value is -0.540. The molecular formula is C10H15NOS. The molecule has 0 aromatic carbocycles. The minimum atomic E-state index is 0.0707. The molecule has 0 saturated heterocycles. The summed E-state index contributed by atoms with van der Waals surface area (Å²) in [5.41, 5.74) is 0.869. The molecule has 1 rings (SSSR count). The Bertz CT molecular complexity index is 248. The summed E-state index contributed by atoms with van der Waals surface area (Å²) < 4.78 is 0. The van der Waals surface area contributed by atoms with E-state index in [4.69, 9.17) is 5.11 Å². The molecule has 0 saturated carbocycles. The van der Waals surface area contributed by atoms with Crippen LogP contribution in [0.2, 0.25) is 0 Å². The van der Waals surface area contributed by atoms with E-state index in [1.165, 1.54) is 0 Å². The van der Waals surface area contributed by atoms with Crippen LogP contribution < -0.4 is 0 Å². The highest BCUT2D eigenvalue weighted by Crippen LogP contribution is 2.22. The van der Waals surface area contributed by atoms with Gasteiger partial charge in [-0.2, -0.15) is 0 Å². The molecule has 0 fully saturated rings. The van der Waals surface area contributed by atoms with Crippen LogP contribution in [0.5, 0.6) is 0 Å². The summed E-state index contributed by atoms with van der Waals surface area (Å²) in [6.07, 6.45) is 2.87. The average molecular weight is 197 g/mol. The Morgan fingerprint density at radius 1 is 1.54 bits per heavy atom. The lowest BCUT2D eigenvalue weighted by Crippen LogP contribution is -1.94. The number of thioether (sulfide) groups is 1. The van der Waals surface area contributed by atoms with E-state index in [9.17, 15) is 0 Å². The predicted octanol–water partition coefficient (Wildman–Crippen LogP) is 2.46. The predicted molar refractivity (Wildman–Crippen MR) is 55.8 cm³/mol. The Morgan fingerprint density at radius 2 is 2.31 bits per heavy atom. The van der Waals surface area contributed by atoms with Gasteiger partial charge in [-0.05, 0) is 18.1 Å². The smallest absolute Gasteiger partial charge is 0.0962 e. The van der Waals surface area contributed by atoms with Gasteiger partial charge in [-0.3, -0.25) is 0 Å². The summed E-state index contributed by atoms with van der Waals surface area (Å²) in [6.45, 7) is 4.42. The molecule has 1 atom stereocenters. The van der Waals surface area contributed by atoms with E-state index in [-0.39, 0.29) is 6.61 Å². The van der Waals surface area contributed by atoms with Crippen molar-refractivity contribution in [2.75, 3.05) is 0 Å². The van der Waals surface area contributed by atoms with Crippen molar-refractivity contribution in [1.82, 2.24) is 4.98 Å². The first kappa shape index (κ1) is 10.5. The van der Waals surface area contributed by atoms with Crippen molar-refractivity contribution in [3.8, 4) is 0 Å². The van der Waals surface area contributed by atoms with Gasteiger partial charge in [-0.25, -0.2) is 4.98 Å². The van der Waals surface area contributed by atoms with Crippen LogP contribution in [0, 0.1) is 0 Å². The zero-order valence-corrected chi connectivity index (χ0v) is 8.84. The molecule has 1 aromatic rings. The number of hydrogen-bond donors (Lipinski definition) is 1. The molecule has 0 aliphatic heterocycles. The van der Waals surface area contributed by atoms with Crippen LogP contribution >= 0.6 is 11.8 Å². The summed E-state index contributed by atoms with van der Waals surface area (Å²) in [7, 11) is 0. The zero-order valence-electron chi connectivity index (χ0n) is 8.03. The molecular weight excluding hydrogens is 182 g/mol. The lowest BCUT2D eigenvalue weighted by molar-refractivity contribution is 0.281. The van der Waals surface area contributed by atoms with Crippen molar-refractivity contribution in [1.29, 1.82) is 0 Å². The molecule has 3 heteroatoms. The van der Waals surface area contributed by atoms with Crippen LogP contribution in [0.25, 0.3) is 0 Å². The molecule has 1 N–H and O–H groups in total. The molecule has 1 unspecified atom stereocenters. The number of aliphatic hydroxyl groups excluding tert-OH is 1. The van der Waals surface area contributed by atoms with Gasteiger partial charge in [-0.1, -0.05) is 19.9 Å². The van der Waals surface area contributed by atoms with Crippen molar-refractivity contribution < 1.29 is 5.11 Å². The van der Waals surface area contributed by atoms with Crippen LogP contribution in [0.1, 0.15) is 25.8 Å². The Labute approximate surface area is 83.4 Å². The largest absolute Gasteiger partial charge is 0.392 e. The van der Waals surface area contributed by atoms with E-state index >= 15 is 0 Å². The van der Waals surface area contributed by atoms with Crippen molar-refractivity contribution in [2.24, 2.45) is 0 Å². The monoisotopic (exact) mass is 197 g/mol. The second-order valence-corrected chi connectivity index (χ2v) is 4.46. The fraction of sp³-hybridized carbons (Fsp3) is 0.500. The van der Waals surface area contributed by atoms with Gasteiger partial charge >= 0.3 is 0 Å². The van der Waals surface area contributed by atoms with E-state index in [2.05, 4.69) is 18.8 Å². The second kappa shape index (κ2) is 5.25. The lowest BCUT2D eigenvalue weighted by atomic mass is 10.3. The molecule has 0 aliphatic carbocycles. The first-order valence-electron chi connectivity index (χ1n) is 4.48. The highest BCUT2D eigenvalue weighted by Gasteiger charge is 2.02. The lowest BCUT2D eigenvalue weighted by Gasteiger charge is -2.06. The molecule has 0 radical (unpaired) electrons. The van der Waals surface area contributed by atoms with Crippen LogP contribution in [0.15, 0.2) is 23.4 Å². The molecule has 0 aliphatic rings. The number of aliphatic hydroxyl groups is 1. The molecule has 2 nitrogen and oxygen atoms in total. The molecule has 0 spiro atoms. The Balaban J connectivity index is 2.58.